The van der Waals surface area contributed by atoms with Crippen molar-refractivity contribution in [3.8, 4) is 23.1 Å². The number of ether oxygens (including phenoxy) is 3. The number of hydrogen-bond acceptors (Lipinski definition) is 9. The predicted molar refractivity (Wildman–Crippen MR) is 137 cm³/mol. The van der Waals surface area contributed by atoms with Gasteiger partial charge in [-0.2, -0.15) is 18.3 Å². The molecule has 0 radical (unpaired) electrons. The third-order valence-corrected chi connectivity index (χ3v) is 6.01. The van der Waals surface area contributed by atoms with Crippen LogP contribution in [0.4, 0.5) is 19.0 Å². The first-order valence-electron chi connectivity index (χ1n) is 12.0. The van der Waals surface area contributed by atoms with Crippen LogP contribution in [0.1, 0.15) is 40.4 Å². The van der Waals surface area contributed by atoms with Crippen LogP contribution < -0.4 is 19.9 Å². The molecule has 14 heteroatoms. The number of alkyl halides is 3. The average Bonchev–Trinajstić information content (AvgIpc) is 2.93. The number of carboxylic acid groups (broad SMARTS) is 1. The first-order chi connectivity index (χ1) is 18.9. The molecule has 2 aromatic heterocycles. The number of methoxy groups -OCH3 is 2. The highest BCUT2D eigenvalue weighted by Gasteiger charge is 2.38. The summed E-state index contributed by atoms with van der Waals surface area (Å²) in [6.45, 7) is 3.29. The molecule has 0 aliphatic carbocycles. The van der Waals surface area contributed by atoms with E-state index in [2.05, 4.69) is 15.2 Å². The van der Waals surface area contributed by atoms with Crippen molar-refractivity contribution < 1.29 is 42.1 Å². The number of nitrogens with two attached hydrogens (primary N) is 1. The van der Waals surface area contributed by atoms with Crippen molar-refractivity contribution >= 4 is 17.7 Å². The molecule has 1 fully saturated rings. The minimum atomic E-state index is -5.08. The number of aryl methyl sites for hydroxylation is 1. The number of carboxylic acids is 1. The minimum Gasteiger partial charge on any atom is -0.493 e. The smallest absolute Gasteiger partial charge is 0.490 e. The first-order valence-corrected chi connectivity index (χ1v) is 12.0. The Labute approximate surface area is 227 Å². The van der Waals surface area contributed by atoms with Gasteiger partial charge in [-0.3, -0.25) is 4.79 Å². The molecule has 40 heavy (non-hydrogen) atoms. The van der Waals surface area contributed by atoms with E-state index in [4.69, 9.17) is 29.8 Å². The minimum absolute atomic E-state index is 0.0375. The normalized spacial score (nSPS) is 13.6. The van der Waals surface area contributed by atoms with Crippen LogP contribution in [0, 0.1) is 6.92 Å². The Morgan fingerprint density at radius 3 is 2.23 bits per heavy atom. The molecule has 1 saturated heterocycles. The summed E-state index contributed by atoms with van der Waals surface area (Å²) in [5.41, 5.74) is 8.28. The zero-order valence-corrected chi connectivity index (χ0v) is 21.9. The second kappa shape index (κ2) is 13.0. The number of nitrogens with zero attached hydrogens (tertiary/aromatic N) is 4. The highest BCUT2D eigenvalue weighted by Crippen LogP contribution is 2.34. The van der Waals surface area contributed by atoms with Crippen molar-refractivity contribution in [1.29, 1.82) is 0 Å². The average molecular weight is 564 g/mol. The lowest BCUT2D eigenvalue weighted by molar-refractivity contribution is -0.192. The van der Waals surface area contributed by atoms with Crippen molar-refractivity contribution in [2.45, 2.75) is 31.9 Å². The Morgan fingerprint density at radius 1 is 1.02 bits per heavy atom. The Balaban J connectivity index is 0.000000559. The van der Waals surface area contributed by atoms with Gasteiger partial charge in [-0.1, -0.05) is 0 Å². The predicted octanol–water partition coefficient (Wildman–Crippen LogP) is 4.22. The molecule has 214 valence electrons. The van der Waals surface area contributed by atoms with Gasteiger partial charge < -0.3 is 30.0 Å². The van der Waals surface area contributed by atoms with E-state index in [0.717, 1.165) is 24.1 Å². The Kier molecular flexibility index (Phi) is 9.69. The molecule has 1 aromatic carbocycles. The van der Waals surface area contributed by atoms with Crippen LogP contribution in [0.2, 0.25) is 0 Å². The molecular formula is C26H28F3N5O6. The number of nitrogen functional groups attached to an aromatic ring is 1. The topological polar surface area (TPSA) is 150 Å². The van der Waals surface area contributed by atoms with Crippen LogP contribution in [0.3, 0.4) is 0 Å². The number of pyridine rings is 1. The van der Waals surface area contributed by atoms with Gasteiger partial charge >= 0.3 is 12.1 Å². The zero-order chi connectivity index (χ0) is 29.4. The van der Waals surface area contributed by atoms with Gasteiger partial charge in [0.2, 0.25) is 5.88 Å². The van der Waals surface area contributed by atoms with Gasteiger partial charge in [0.25, 0.3) is 5.91 Å². The van der Waals surface area contributed by atoms with Gasteiger partial charge in [0.1, 0.15) is 11.6 Å². The summed E-state index contributed by atoms with van der Waals surface area (Å²) in [6.07, 6.45) is -1.86. The third kappa shape index (κ3) is 7.71. The summed E-state index contributed by atoms with van der Waals surface area (Å²) in [5, 5.41) is 15.4. The fourth-order valence-corrected chi connectivity index (χ4v) is 4.02. The number of anilines is 1. The van der Waals surface area contributed by atoms with Gasteiger partial charge in [0, 0.05) is 30.6 Å². The number of amides is 1. The summed E-state index contributed by atoms with van der Waals surface area (Å²) in [5.74, 6) is -0.0959. The summed E-state index contributed by atoms with van der Waals surface area (Å²) in [7, 11) is 3.10. The van der Waals surface area contributed by atoms with Gasteiger partial charge in [-0.25, -0.2) is 9.78 Å². The van der Waals surface area contributed by atoms with E-state index >= 15 is 0 Å². The summed E-state index contributed by atoms with van der Waals surface area (Å²) in [6, 6.07) is 10.5. The molecule has 3 heterocycles. The standard InChI is InChI=1S/C24H27N5O4.C2HF3O2/c1-15-12-21(25)27-28-23(15)16-8-10-29(11-9-16)24(30)17-4-6-19(20(13-17)31-2)33-18-5-7-22(32-3)26-14-18;3-2(4,5)1(6)7/h4-7,12-14,16H,8-11H2,1-3H3,(H2,25,27);(H,6,7). The second-order valence-electron chi connectivity index (χ2n) is 8.71. The quantitative estimate of drug-likeness (QED) is 0.446. The number of halogens is 3. The van der Waals surface area contributed by atoms with Gasteiger partial charge in [-0.05, 0) is 55.7 Å². The maximum Gasteiger partial charge on any atom is 0.490 e. The number of hydrogen-bond donors (Lipinski definition) is 2. The van der Waals surface area contributed by atoms with E-state index in [1.54, 1.807) is 50.7 Å². The molecule has 0 spiro atoms. The highest BCUT2D eigenvalue weighted by atomic mass is 19.4. The zero-order valence-electron chi connectivity index (χ0n) is 21.9. The molecule has 0 saturated carbocycles. The lowest BCUT2D eigenvalue weighted by Crippen LogP contribution is -2.38. The monoisotopic (exact) mass is 563 g/mol. The van der Waals surface area contributed by atoms with Gasteiger partial charge in [0.05, 0.1) is 26.1 Å². The number of likely N-dealkylation sites (tertiary alicyclic amines) is 1. The molecule has 0 unspecified atom stereocenters. The van der Waals surface area contributed by atoms with Crippen molar-refractivity contribution in [3.63, 3.8) is 0 Å². The maximum atomic E-state index is 13.1. The van der Waals surface area contributed by atoms with Gasteiger partial charge in [-0.15, -0.1) is 5.10 Å². The fraction of sp³-hybridized carbons (Fsp3) is 0.346. The second-order valence-corrected chi connectivity index (χ2v) is 8.71. The third-order valence-electron chi connectivity index (χ3n) is 6.01. The largest absolute Gasteiger partial charge is 0.493 e. The summed E-state index contributed by atoms with van der Waals surface area (Å²) >= 11 is 0. The van der Waals surface area contributed by atoms with E-state index in [1.807, 2.05) is 17.9 Å². The Hall–Kier alpha value is -4.62. The van der Waals surface area contributed by atoms with E-state index in [-0.39, 0.29) is 11.8 Å². The van der Waals surface area contributed by atoms with Crippen LogP contribution in [-0.2, 0) is 4.79 Å². The molecule has 1 aliphatic heterocycles. The molecule has 4 rings (SSSR count). The van der Waals surface area contributed by atoms with Crippen LogP contribution in [0.5, 0.6) is 23.1 Å². The lowest BCUT2D eigenvalue weighted by Gasteiger charge is -2.32. The van der Waals surface area contributed by atoms with Crippen molar-refractivity contribution in [2.75, 3.05) is 33.0 Å². The number of piperidine rings is 1. The number of carbonyl (C=O) groups is 2. The number of benzene rings is 1. The molecule has 0 atom stereocenters. The molecular weight excluding hydrogens is 535 g/mol. The van der Waals surface area contributed by atoms with E-state index in [1.165, 1.54) is 0 Å². The number of rotatable bonds is 6. The molecule has 1 aliphatic rings. The van der Waals surface area contributed by atoms with Gasteiger partial charge in [0.15, 0.2) is 11.5 Å². The van der Waals surface area contributed by atoms with Crippen LogP contribution >= 0.6 is 0 Å². The number of aliphatic carboxylic acids is 1. The lowest BCUT2D eigenvalue weighted by atomic mass is 9.91. The SMILES string of the molecule is COc1ccc(Oc2ccc(C(=O)N3CCC(c4nnc(N)cc4C)CC3)cc2OC)cn1.O=C(O)C(F)(F)F. The summed E-state index contributed by atoms with van der Waals surface area (Å²) < 4.78 is 48.1. The highest BCUT2D eigenvalue weighted by molar-refractivity contribution is 5.95. The Morgan fingerprint density at radius 2 is 1.70 bits per heavy atom. The van der Waals surface area contributed by atoms with Crippen molar-refractivity contribution in [3.05, 3.63) is 59.4 Å². The number of carbonyl (C=O) groups excluding carboxylic acids is 1. The molecule has 11 nitrogen and oxygen atoms in total. The fourth-order valence-electron chi connectivity index (χ4n) is 4.02. The maximum absolute atomic E-state index is 13.1. The van der Waals surface area contributed by atoms with E-state index in [0.29, 0.717) is 47.6 Å². The van der Waals surface area contributed by atoms with Crippen molar-refractivity contribution in [1.82, 2.24) is 20.1 Å². The van der Waals surface area contributed by atoms with Crippen LogP contribution in [0.15, 0.2) is 42.6 Å². The Bertz CT molecular complexity index is 1330. The van der Waals surface area contributed by atoms with E-state index in [9.17, 15) is 18.0 Å². The van der Waals surface area contributed by atoms with Crippen LogP contribution in [-0.4, -0.2) is 70.5 Å². The first kappa shape index (κ1) is 29.9. The summed E-state index contributed by atoms with van der Waals surface area (Å²) in [4.78, 5) is 28.0. The molecule has 3 N–H and O–H groups in total. The molecule has 3 aromatic rings. The van der Waals surface area contributed by atoms with E-state index < -0.39 is 12.1 Å². The molecule has 0 bridgehead atoms. The molecule has 1 amide bonds. The number of aromatic nitrogens is 3. The van der Waals surface area contributed by atoms with Crippen LogP contribution in [0.25, 0.3) is 0 Å². The van der Waals surface area contributed by atoms with Crippen molar-refractivity contribution in [2.24, 2.45) is 0 Å².